The van der Waals surface area contributed by atoms with Crippen molar-refractivity contribution in [2.45, 2.75) is 39.6 Å². The smallest absolute Gasteiger partial charge is 0.281 e. The van der Waals surface area contributed by atoms with Gasteiger partial charge in [0, 0.05) is 16.4 Å². The lowest BCUT2D eigenvalue weighted by Gasteiger charge is -2.14. The second-order valence-electron chi connectivity index (χ2n) is 1.27. The molecule has 11 heavy (non-hydrogen) atoms. The van der Waals surface area contributed by atoms with Crippen molar-refractivity contribution in [3.63, 3.8) is 0 Å². The minimum Gasteiger partial charge on any atom is -0.281 e. The molecular formula is C6H14FO3P. The molecule has 5 heteroatoms. The van der Waals surface area contributed by atoms with E-state index in [1.54, 1.807) is 0 Å². The molecule has 0 aliphatic carbocycles. The van der Waals surface area contributed by atoms with Gasteiger partial charge in [-0.05, 0) is 27.4 Å². The Morgan fingerprint density at radius 2 is 1.73 bits per heavy atom. The summed E-state index contributed by atoms with van der Waals surface area (Å²) in [6.45, 7) is -15.7. The lowest BCUT2D eigenvalue weighted by atomic mass is 10.5. The van der Waals surface area contributed by atoms with Crippen LogP contribution in [0.25, 0.3) is 0 Å². The monoisotopic (exact) mass is 198 g/mol. The van der Waals surface area contributed by atoms with E-state index in [4.69, 9.17) is 19.2 Å². The standard InChI is InChI=1S/C6H14FO3P/c1-5(2)9-11(7,8)10-6(3)4/h5-6H,1-4H3/i1D3,2D3,3D3,4D3,5D,6D. The van der Waals surface area contributed by atoms with Crippen LogP contribution < -0.4 is 0 Å². The summed E-state index contributed by atoms with van der Waals surface area (Å²) in [5, 5.41) is 0. The first-order valence-electron chi connectivity index (χ1n) is 9.13. The maximum atomic E-state index is 14.1. The maximum Gasteiger partial charge on any atom is 0.513 e. The van der Waals surface area contributed by atoms with E-state index in [9.17, 15) is 8.76 Å². The second kappa shape index (κ2) is 4.19. The normalized spacial score (nSPS) is 38.3. The minimum atomic E-state index is -6.64. The van der Waals surface area contributed by atoms with Crippen LogP contribution in [0.3, 0.4) is 0 Å². The predicted octanol–water partition coefficient (Wildman–Crippen LogP) is 2.91. The Hall–Kier alpha value is 0.0800. The molecule has 0 spiro atoms. The van der Waals surface area contributed by atoms with Crippen molar-refractivity contribution < 1.29 is 37.0 Å². The van der Waals surface area contributed by atoms with Gasteiger partial charge in [0.15, 0.2) is 0 Å². The van der Waals surface area contributed by atoms with Gasteiger partial charge in [-0.1, -0.05) is 0 Å². The van der Waals surface area contributed by atoms with Crippen molar-refractivity contribution in [1.82, 2.24) is 0 Å². The first-order chi connectivity index (χ1) is 10.4. The van der Waals surface area contributed by atoms with Gasteiger partial charge < -0.3 is 0 Å². The highest BCUT2D eigenvalue weighted by molar-refractivity contribution is 7.48. The van der Waals surface area contributed by atoms with E-state index in [1.807, 2.05) is 0 Å². The number of rotatable bonds is 4. The van der Waals surface area contributed by atoms with Crippen LogP contribution in [0.5, 0.6) is 0 Å². The van der Waals surface area contributed by atoms with Crippen LogP contribution in [0, 0.1) is 0 Å². The minimum absolute atomic E-state index is 3.63. The van der Waals surface area contributed by atoms with E-state index < -0.39 is 47.5 Å². The highest BCUT2D eigenvalue weighted by atomic mass is 31.2. The topological polar surface area (TPSA) is 35.5 Å². The van der Waals surface area contributed by atoms with Crippen LogP contribution in [0.4, 0.5) is 4.20 Å². The molecule has 0 aromatic rings. The molecule has 0 fully saturated rings. The summed E-state index contributed by atoms with van der Waals surface area (Å²) in [6.07, 6.45) is -8.37. The zero-order chi connectivity index (χ0) is 20.9. The zero-order valence-electron chi connectivity index (χ0n) is 19.0. The van der Waals surface area contributed by atoms with E-state index in [0.717, 1.165) is 0 Å². The van der Waals surface area contributed by atoms with Gasteiger partial charge in [0.1, 0.15) is 0 Å². The molecule has 0 aliphatic rings. The van der Waals surface area contributed by atoms with Crippen LogP contribution in [-0.2, 0) is 13.6 Å². The summed E-state index contributed by atoms with van der Waals surface area (Å²) >= 11 is 0. The first kappa shape index (κ1) is 1.94. The van der Waals surface area contributed by atoms with Crippen molar-refractivity contribution in [3.8, 4) is 0 Å². The molecule has 3 nitrogen and oxygen atoms in total. The van der Waals surface area contributed by atoms with Crippen LogP contribution in [0.1, 0.15) is 46.6 Å². The molecule has 0 saturated heterocycles. The molecule has 0 unspecified atom stereocenters. The molecule has 68 valence electrons. The van der Waals surface area contributed by atoms with Gasteiger partial charge in [0.2, 0.25) is 0 Å². The third-order valence-electron chi connectivity index (χ3n) is 0.401. The number of halogens is 1. The summed E-state index contributed by atoms with van der Waals surface area (Å²) in [5.74, 6) is 0. The summed E-state index contributed by atoms with van der Waals surface area (Å²) in [7, 11) is -6.64. The van der Waals surface area contributed by atoms with Crippen molar-refractivity contribution in [3.05, 3.63) is 0 Å². The molecule has 0 aromatic carbocycles. The Morgan fingerprint density at radius 1 is 1.36 bits per heavy atom. The van der Waals surface area contributed by atoms with E-state index in [-0.39, 0.29) is 0 Å². The Balaban J connectivity index is 6.06. The van der Waals surface area contributed by atoms with Crippen LogP contribution >= 0.6 is 7.91 Å². The molecular weight excluding hydrogens is 170 g/mol. The van der Waals surface area contributed by atoms with Gasteiger partial charge in [0.05, 0.1) is 14.9 Å². The fraction of sp³-hybridized carbons (Fsp3) is 1.00. The van der Waals surface area contributed by atoms with Gasteiger partial charge in [-0.2, -0.15) is 0 Å². The quantitative estimate of drug-likeness (QED) is 0.651. The Bertz CT molecular complexity index is 459. The lowest BCUT2D eigenvalue weighted by molar-refractivity contribution is 0.118. The van der Waals surface area contributed by atoms with Gasteiger partial charge in [-0.25, -0.2) is 4.57 Å². The first-order valence-corrected chi connectivity index (χ1v) is 3.56. The molecule has 0 rings (SSSR count). The van der Waals surface area contributed by atoms with Crippen molar-refractivity contribution in [1.29, 1.82) is 0 Å². The molecule has 0 radical (unpaired) electrons. The van der Waals surface area contributed by atoms with Gasteiger partial charge >= 0.3 is 7.91 Å². The highest BCUT2D eigenvalue weighted by Crippen LogP contribution is 2.51. The summed E-state index contributed by atoms with van der Waals surface area (Å²) < 4.78 is 131. The maximum absolute atomic E-state index is 14.1. The third-order valence-corrected chi connectivity index (χ3v) is 1.20. The molecule has 0 bridgehead atoms. The van der Waals surface area contributed by atoms with Crippen LogP contribution in [0.15, 0.2) is 0 Å². The molecule has 0 heterocycles. The van der Waals surface area contributed by atoms with E-state index in [2.05, 4.69) is 9.05 Å². The summed E-state index contributed by atoms with van der Waals surface area (Å²) in [4.78, 5) is 0. The van der Waals surface area contributed by atoms with Crippen molar-refractivity contribution in [2.75, 3.05) is 0 Å². The zero-order valence-corrected chi connectivity index (χ0v) is 5.94. The number of hydrogen-bond donors (Lipinski definition) is 0. The Kier molecular flexibility index (Phi) is 0.740. The SMILES string of the molecule is [2H]C([2H])([2H])C([2H])(OP(=O)(F)OC([2H])(C([2H])([2H])[2H])C([2H])([2H])[2H])C([2H])([2H])[2H]. The molecule has 0 amide bonds. The lowest BCUT2D eigenvalue weighted by Crippen LogP contribution is -2.04. The van der Waals surface area contributed by atoms with Crippen molar-refractivity contribution >= 4 is 7.91 Å². The largest absolute Gasteiger partial charge is 0.513 e. The Labute approximate surface area is 86.2 Å². The van der Waals surface area contributed by atoms with Gasteiger partial charge in [-0.3, -0.25) is 9.05 Å². The molecule has 0 aromatic heterocycles. The highest BCUT2D eigenvalue weighted by Gasteiger charge is 2.26. The fourth-order valence-corrected chi connectivity index (χ4v) is 0.710. The average Bonchev–Trinajstić information content (AvgIpc) is 2.20. The second-order valence-corrected chi connectivity index (χ2v) is 2.50. The summed E-state index contributed by atoms with van der Waals surface area (Å²) in [6, 6.07) is 0. The Morgan fingerprint density at radius 3 is 2.00 bits per heavy atom. The van der Waals surface area contributed by atoms with Gasteiger partial charge in [0.25, 0.3) is 0 Å². The average molecular weight is 198 g/mol. The molecule has 0 aliphatic heterocycles. The number of hydrogen-bond acceptors (Lipinski definition) is 3. The van der Waals surface area contributed by atoms with Crippen LogP contribution in [0.2, 0.25) is 0 Å². The van der Waals surface area contributed by atoms with Crippen molar-refractivity contribution in [2.24, 2.45) is 0 Å². The third kappa shape index (κ3) is 6.48. The predicted molar refractivity (Wildman–Crippen MR) is 41.2 cm³/mol. The van der Waals surface area contributed by atoms with E-state index in [0.29, 0.717) is 0 Å². The van der Waals surface area contributed by atoms with Gasteiger partial charge in [-0.15, -0.1) is 4.20 Å². The summed E-state index contributed by atoms with van der Waals surface area (Å²) in [5.41, 5.74) is 0. The molecule has 0 N–H and O–H groups in total. The van der Waals surface area contributed by atoms with Crippen LogP contribution in [-0.4, -0.2) is 12.2 Å². The van der Waals surface area contributed by atoms with E-state index in [1.165, 1.54) is 0 Å². The fourth-order valence-electron chi connectivity index (χ4n) is 0.237. The molecule has 0 saturated carbocycles. The molecule has 0 atom stereocenters. The van der Waals surface area contributed by atoms with E-state index >= 15 is 0 Å².